The number of halogens is 1. The van der Waals surface area contributed by atoms with Crippen LogP contribution in [0.3, 0.4) is 0 Å². The van der Waals surface area contributed by atoms with Gasteiger partial charge in [0.25, 0.3) is 0 Å². The normalized spacial score (nSPS) is 17.4. The lowest BCUT2D eigenvalue weighted by Gasteiger charge is -2.30. The third-order valence-electron chi connectivity index (χ3n) is 3.76. The minimum absolute atomic E-state index is 0.0331. The van der Waals surface area contributed by atoms with E-state index >= 15 is 0 Å². The zero-order valence-electron chi connectivity index (χ0n) is 12.5. The van der Waals surface area contributed by atoms with Crippen LogP contribution in [0.25, 0.3) is 0 Å². The van der Waals surface area contributed by atoms with E-state index in [1.807, 2.05) is 6.92 Å². The van der Waals surface area contributed by atoms with E-state index in [0.29, 0.717) is 38.9 Å². The molecule has 0 saturated carbocycles. The van der Waals surface area contributed by atoms with E-state index in [2.05, 4.69) is 10.3 Å². The molecule has 0 unspecified atom stereocenters. The first-order valence-corrected chi connectivity index (χ1v) is 9.13. The van der Waals surface area contributed by atoms with Crippen molar-refractivity contribution in [2.45, 2.75) is 31.1 Å². The highest BCUT2D eigenvalue weighted by atomic mass is 35.5. The Kier molecular flexibility index (Phi) is 5.77. The summed E-state index contributed by atoms with van der Waals surface area (Å²) in [5.41, 5.74) is 0. The molecule has 0 radical (unpaired) electrons. The van der Waals surface area contributed by atoms with Crippen LogP contribution < -0.4 is 5.32 Å². The van der Waals surface area contributed by atoms with Crippen molar-refractivity contribution in [3.05, 3.63) is 23.5 Å². The van der Waals surface area contributed by atoms with E-state index < -0.39 is 10.0 Å². The van der Waals surface area contributed by atoms with Crippen molar-refractivity contribution in [1.82, 2.24) is 14.6 Å². The van der Waals surface area contributed by atoms with Gasteiger partial charge in [-0.2, -0.15) is 4.31 Å². The van der Waals surface area contributed by atoms with Gasteiger partial charge in [-0.15, -0.1) is 0 Å². The molecular formula is C14H20ClN3O3S. The zero-order valence-corrected chi connectivity index (χ0v) is 14.0. The van der Waals surface area contributed by atoms with Crippen LogP contribution in [0.15, 0.2) is 23.2 Å². The summed E-state index contributed by atoms with van der Waals surface area (Å²) in [6.45, 7) is 3.35. The maximum absolute atomic E-state index is 12.5. The highest BCUT2D eigenvalue weighted by Gasteiger charge is 2.30. The minimum Gasteiger partial charge on any atom is -0.356 e. The lowest BCUT2D eigenvalue weighted by atomic mass is 9.94. The highest BCUT2D eigenvalue weighted by molar-refractivity contribution is 7.89. The molecule has 0 spiro atoms. The number of hydrogen-bond acceptors (Lipinski definition) is 4. The molecule has 122 valence electrons. The minimum atomic E-state index is -3.53. The summed E-state index contributed by atoms with van der Waals surface area (Å²) in [6.07, 6.45) is 3.12. The van der Waals surface area contributed by atoms with Crippen LogP contribution in [0, 0.1) is 5.92 Å². The molecule has 0 bridgehead atoms. The van der Waals surface area contributed by atoms with Gasteiger partial charge in [-0.05, 0) is 37.8 Å². The molecule has 1 aromatic heterocycles. The van der Waals surface area contributed by atoms with E-state index in [9.17, 15) is 13.2 Å². The van der Waals surface area contributed by atoms with Gasteiger partial charge in [-0.25, -0.2) is 13.4 Å². The Morgan fingerprint density at radius 3 is 2.64 bits per heavy atom. The number of nitrogens with zero attached hydrogens (tertiary/aromatic N) is 2. The van der Waals surface area contributed by atoms with E-state index in [4.69, 9.17) is 11.6 Å². The topological polar surface area (TPSA) is 79.4 Å². The molecular weight excluding hydrogens is 326 g/mol. The Balaban J connectivity index is 1.96. The molecule has 0 atom stereocenters. The monoisotopic (exact) mass is 345 g/mol. The molecule has 0 aromatic carbocycles. The highest BCUT2D eigenvalue weighted by Crippen LogP contribution is 2.25. The third kappa shape index (κ3) is 4.18. The van der Waals surface area contributed by atoms with Gasteiger partial charge in [0, 0.05) is 32.3 Å². The van der Waals surface area contributed by atoms with Crippen LogP contribution in [0.4, 0.5) is 0 Å². The lowest BCUT2D eigenvalue weighted by molar-refractivity contribution is -0.122. The molecule has 1 aromatic rings. The fraction of sp³-hybridized carbons (Fsp3) is 0.571. The first kappa shape index (κ1) is 17.2. The Bertz CT molecular complexity index is 611. The summed E-state index contributed by atoms with van der Waals surface area (Å²) in [6, 6.07) is 2.93. The maximum atomic E-state index is 12.5. The Hall–Kier alpha value is -1.18. The van der Waals surface area contributed by atoms with Gasteiger partial charge in [-0.1, -0.05) is 11.6 Å². The number of piperidine rings is 1. The van der Waals surface area contributed by atoms with Crippen LogP contribution in [-0.4, -0.2) is 43.2 Å². The maximum Gasteiger partial charge on any atom is 0.244 e. The van der Waals surface area contributed by atoms with Crippen molar-refractivity contribution < 1.29 is 13.2 Å². The summed E-state index contributed by atoms with van der Waals surface area (Å²) >= 11 is 5.68. The summed E-state index contributed by atoms with van der Waals surface area (Å²) in [5.74, 6) is 0.270. The Labute approximate surface area is 135 Å². The Morgan fingerprint density at radius 2 is 2.09 bits per heavy atom. The largest absolute Gasteiger partial charge is 0.356 e. The quantitative estimate of drug-likeness (QED) is 0.823. The summed E-state index contributed by atoms with van der Waals surface area (Å²) in [4.78, 5) is 15.6. The number of aromatic nitrogens is 1. The summed E-state index contributed by atoms with van der Waals surface area (Å²) in [5, 5.41) is 3.04. The standard InChI is InChI=1S/C14H20ClN3O3S/c1-2-16-14(19)9-11-5-7-18(8-6-11)22(20,21)12-3-4-13(15)17-10-12/h3-4,10-11H,2,5-9H2,1H3,(H,16,19). The van der Waals surface area contributed by atoms with Crippen molar-refractivity contribution in [2.24, 2.45) is 5.92 Å². The van der Waals surface area contributed by atoms with Gasteiger partial charge >= 0.3 is 0 Å². The Morgan fingerprint density at radius 1 is 1.41 bits per heavy atom. The molecule has 8 heteroatoms. The molecule has 1 N–H and O–H groups in total. The number of amides is 1. The summed E-state index contributed by atoms with van der Waals surface area (Å²) < 4.78 is 26.4. The average molecular weight is 346 g/mol. The van der Waals surface area contributed by atoms with Gasteiger partial charge in [-0.3, -0.25) is 4.79 Å². The van der Waals surface area contributed by atoms with Gasteiger partial charge in [0.05, 0.1) is 0 Å². The van der Waals surface area contributed by atoms with Crippen molar-refractivity contribution in [1.29, 1.82) is 0 Å². The predicted molar refractivity (Wildman–Crippen MR) is 84.0 cm³/mol. The SMILES string of the molecule is CCNC(=O)CC1CCN(S(=O)(=O)c2ccc(Cl)nc2)CC1. The number of sulfonamides is 1. The van der Waals surface area contributed by atoms with Crippen LogP contribution in [0.2, 0.25) is 5.15 Å². The second kappa shape index (κ2) is 7.39. The number of rotatable bonds is 5. The summed E-state index contributed by atoms with van der Waals surface area (Å²) in [7, 11) is -3.53. The third-order valence-corrected chi connectivity index (χ3v) is 5.87. The van der Waals surface area contributed by atoms with Crippen LogP contribution in [0.1, 0.15) is 26.2 Å². The van der Waals surface area contributed by atoms with Crippen molar-refractivity contribution in [3.8, 4) is 0 Å². The number of pyridine rings is 1. The zero-order chi connectivity index (χ0) is 16.2. The second-order valence-electron chi connectivity index (χ2n) is 5.32. The van der Waals surface area contributed by atoms with Crippen molar-refractivity contribution >= 4 is 27.5 Å². The van der Waals surface area contributed by atoms with E-state index in [0.717, 1.165) is 0 Å². The van der Waals surface area contributed by atoms with Gasteiger partial charge in [0.2, 0.25) is 15.9 Å². The van der Waals surface area contributed by atoms with E-state index in [1.54, 1.807) is 0 Å². The van der Waals surface area contributed by atoms with Crippen LogP contribution in [-0.2, 0) is 14.8 Å². The number of carbonyl (C=O) groups excluding carboxylic acids is 1. The molecule has 2 heterocycles. The fourth-order valence-electron chi connectivity index (χ4n) is 2.55. The fourth-order valence-corrected chi connectivity index (χ4v) is 4.08. The average Bonchev–Trinajstić information content (AvgIpc) is 2.48. The van der Waals surface area contributed by atoms with Crippen LogP contribution in [0.5, 0.6) is 0 Å². The molecule has 0 aliphatic carbocycles. The van der Waals surface area contributed by atoms with E-state index in [1.165, 1.54) is 22.6 Å². The molecule has 1 amide bonds. The molecule has 1 aliphatic rings. The first-order valence-electron chi connectivity index (χ1n) is 7.32. The number of hydrogen-bond donors (Lipinski definition) is 1. The molecule has 1 aliphatic heterocycles. The predicted octanol–water partition coefficient (Wildman–Crippen LogP) is 1.66. The molecule has 6 nitrogen and oxygen atoms in total. The smallest absolute Gasteiger partial charge is 0.244 e. The molecule has 1 fully saturated rings. The van der Waals surface area contributed by atoms with Gasteiger partial charge in [0.1, 0.15) is 10.0 Å². The lowest BCUT2D eigenvalue weighted by Crippen LogP contribution is -2.39. The van der Waals surface area contributed by atoms with Crippen LogP contribution >= 0.6 is 11.6 Å². The first-order chi connectivity index (χ1) is 10.4. The molecule has 22 heavy (non-hydrogen) atoms. The number of carbonyl (C=O) groups is 1. The van der Waals surface area contributed by atoms with Gasteiger partial charge < -0.3 is 5.32 Å². The van der Waals surface area contributed by atoms with Crippen molar-refractivity contribution in [2.75, 3.05) is 19.6 Å². The molecule has 2 rings (SSSR count). The second-order valence-corrected chi connectivity index (χ2v) is 7.65. The number of nitrogens with one attached hydrogen (secondary N) is 1. The van der Waals surface area contributed by atoms with Crippen molar-refractivity contribution in [3.63, 3.8) is 0 Å². The van der Waals surface area contributed by atoms with E-state index in [-0.39, 0.29) is 21.9 Å². The molecule has 1 saturated heterocycles. The van der Waals surface area contributed by atoms with Gasteiger partial charge in [0.15, 0.2) is 0 Å².